The second-order valence-corrected chi connectivity index (χ2v) is 9.67. The molecular formula is C15H28N2O4S. The van der Waals surface area contributed by atoms with E-state index in [1.807, 2.05) is 20.8 Å². The van der Waals surface area contributed by atoms with Crippen molar-refractivity contribution in [2.75, 3.05) is 31.6 Å². The van der Waals surface area contributed by atoms with Crippen molar-refractivity contribution in [3.63, 3.8) is 0 Å². The zero-order chi connectivity index (χ0) is 16.5. The van der Waals surface area contributed by atoms with Crippen LogP contribution in [0.1, 0.15) is 40.0 Å². The minimum atomic E-state index is -2.87. The number of amides is 1. The van der Waals surface area contributed by atoms with E-state index in [1.165, 1.54) is 0 Å². The van der Waals surface area contributed by atoms with Crippen molar-refractivity contribution in [2.24, 2.45) is 0 Å². The number of sulfone groups is 1. The average molecular weight is 332 g/mol. The van der Waals surface area contributed by atoms with Crippen LogP contribution in [0.25, 0.3) is 0 Å². The number of carbonyl (C=O) groups is 1. The van der Waals surface area contributed by atoms with E-state index in [0.29, 0.717) is 12.2 Å². The molecule has 2 aliphatic rings. The van der Waals surface area contributed by atoms with Crippen molar-refractivity contribution < 1.29 is 17.9 Å². The number of likely N-dealkylation sites (tertiary alicyclic amines) is 1. The van der Waals surface area contributed by atoms with Crippen LogP contribution in [0, 0.1) is 0 Å². The average Bonchev–Trinajstić information content (AvgIpc) is 2.76. The predicted molar refractivity (Wildman–Crippen MR) is 85.7 cm³/mol. The summed E-state index contributed by atoms with van der Waals surface area (Å²) in [6, 6.07) is 0.201. The molecule has 2 rings (SSSR count). The van der Waals surface area contributed by atoms with Crippen LogP contribution in [-0.4, -0.2) is 73.6 Å². The molecule has 0 aromatic rings. The molecule has 0 N–H and O–H groups in total. The summed E-state index contributed by atoms with van der Waals surface area (Å²) < 4.78 is 28.7. The van der Waals surface area contributed by atoms with Crippen molar-refractivity contribution in [3.05, 3.63) is 0 Å². The molecule has 2 atom stereocenters. The van der Waals surface area contributed by atoms with E-state index in [4.69, 9.17) is 4.74 Å². The summed E-state index contributed by atoms with van der Waals surface area (Å²) in [6.45, 7) is 7.22. The first-order valence-electron chi connectivity index (χ1n) is 7.98. The molecule has 7 heteroatoms. The zero-order valence-corrected chi connectivity index (χ0v) is 14.9. The van der Waals surface area contributed by atoms with Gasteiger partial charge in [-0.15, -0.1) is 0 Å². The molecule has 0 spiro atoms. The van der Waals surface area contributed by atoms with Crippen LogP contribution in [0.3, 0.4) is 0 Å². The van der Waals surface area contributed by atoms with Gasteiger partial charge in [-0.3, -0.25) is 4.90 Å². The Balaban J connectivity index is 1.94. The quantitative estimate of drug-likeness (QED) is 0.767. The van der Waals surface area contributed by atoms with Gasteiger partial charge >= 0.3 is 6.09 Å². The summed E-state index contributed by atoms with van der Waals surface area (Å²) >= 11 is 0. The molecule has 1 amide bonds. The highest BCUT2D eigenvalue weighted by Gasteiger charge is 2.36. The van der Waals surface area contributed by atoms with E-state index in [1.54, 1.807) is 11.9 Å². The number of likely N-dealkylation sites (N-methyl/N-ethyl adjacent to an activating group) is 1. The summed E-state index contributed by atoms with van der Waals surface area (Å²) in [5, 5.41) is 0. The van der Waals surface area contributed by atoms with Gasteiger partial charge in [-0.2, -0.15) is 0 Å². The number of hydrogen-bond donors (Lipinski definition) is 0. The lowest BCUT2D eigenvalue weighted by Gasteiger charge is -2.40. The number of rotatable bonds is 2. The van der Waals surface area contributed by atoms with E-state index >= 15 is 0 Å². The number of piperidine rings is 1. The van der Waals surface area contributed by atoms with Gasteiger partial charge in [0.15, 0.2) is 9.84 Å². The molecule has 0 radical (unpaired) electrons. The maximum absolute atomic E-state index is 12.2. The maximum atomic E-state index is 12.2. The third-order valence-corrected chi connectivity index (χ3v) is 6.13. The molecule has 2 saturated heterocycles. The van der Waals surface area contributed by atoms with Gasteiger partial charge in [0, 0.05) is 25.7 Å². The second-order valence-electron chi connectivity index (χ2n) is 7.44. The Labute approximate surface area is 133 Å². The van der Waals surface area contributed by atoms with Crippen LogP contribution in [0.5, 0.6) is 0 Å². The molecule has 0 bridgehead atoms. The zero-order valence-electron chi connectivity index (χ0n) is 14.0. The van der Waals surface area contributed by atoms with Gasteiger partial charge in [0.1, 0.15) is 5.60 Å². The van der Waals surface area contributed by atoms with Crippen LogP contribution in [-0.2, 0) is 14.6 Å². The van der Waals surface area contributed by atoms with Crippen LogP contribution in [0.15, 0.2) is 0 Å². The minimum Gasteiger partial charge on any atom is -0.444 e. The first kappa shape index (κ1) is 17.5. The normalized spacial score (nSPS) is 29.3. The van der Waals surface area contributed by atoms with Gasteiger partial charge in [0.25, 0.3) is 0 Å². The molecule has 0 saturated carbocycles. The topological polar surface area (TPSA) is 66.9 Å². The Morgan fingerprint density at radius 1 is 1.27 bits per heavy atom. The summed E-state index contributed by atoms with van der Waals surface area (Å²) in [5.41, 5.74) is -0.501. The lowest BCUT2D eigenvalue weighted by Crippen LogP contribution is -2.52. The molecule has 0 aliphatic carbocycles. The summed E-state index contributed by atoms with van der Waals surface area (Å²) in [7, 11) is -1.10. The largest absolute Gasteiger partial charge is 0.444 e. The first-order chi connectivity index (χ1) is 10.1. The van der Waals surface area contributed by atoms with Crippen molar-refractivity contribution >= 4 is 15.9 Å². The van der Waals surface area contributed by atoms with Crippen molar-refractivity contribution in [3.8, 4) is 0 Å². The second kappa shape index (κ2) is 6.35. The number of hydrogen-bond acceptors (Lipinski definition) is 5. The lowest BCUT2D eigenvalue weighted by molar-refractivity contribution is 0.0108. The van der Waals surface area contributed by atoms with E-state index < -0.39 is 15.4 Å². The third-order valence-electron chi connectivity index (χ3n) is 4.38. The van der Waals surface area contributed by atoms with Crippen LogP contribution in [0.2, 0.25) is 0 Å². The fourth-order valence-corrected chi connectivity index (χ4v) is 4.94. The molecule has 2 aliphatic heterocycles. The number of nitrogens with zero attached hydrogens (tertiary/aromatic N) is 2. The highest BCUT2D eigenvalue weighted by Crippen LogP contribution is 2.24. The number of ether oxygens (including phenoxy) is 1. The third kappa shape index (κ3) is 4.59. The molecule has 6 nitrogen and oxygen atoms in total. The van der Waals surface area contributed by atoms with Crippen molar-refractivity contribution in [1.82, 2.24) is 9.80 Å². The van der Waals surface area contributed by atoms with Crippen LogP contribution in [0.4, 0.5) is 4.79 Å². The highest BCUT2D eigenvalue weighted by molar-refractivity contribution is 7.91. The summed E-state index contributed by atoms with van der Waals surface area (Å²) in [5.74, 6) is 0.552. The van der Waals surface area contributed by atoms with Crippen LogP contribution >= 0.6 is 0 Å². The van der Waals surface area contributed by atoms with Gasteiger partial charge in [-0.1, -0.05) is 0 Å². The van der Waals surface area contributed by atoms with Gasteiger partial charge in [-0.05, 0) is 46.6 Å². The van der Waals surface area contributed by atoms with Gasteiger partial charge < -0.3 is 9.64 Å². The molecular weight excluding hydrogens is 304 g/mol. The predicted octanol–water partition coefficient (Wildman–Crippen LogP) is 1.50. The van der Waals surface area contributed by atoms with Crippen molar-refractivity contribution in [2.45, 2.75) is 57.7 Å². The summed E-state index contributed by atoms with van der Waals surface area (Å²) in [4.78, 5) is 16.1. The molecule has 2 unspecified atom stereocenters. The monoisotopic (exact) mass is 332 g/mol. The highest BCUT2D eigenvalue weighted by atomic mass is 32.2. The molecule has 128 valence electrons. The SMILES string of the molecule is CN(C(=O)OC(C)(C)C)C1CCCN(C2CCS(=O)(=O)C2)C1. The fraction of sp³-hybridized carbons (Fsp3) is 0.933. The Bertz CT molecular complexity index is 512. The van der Waals surface area contributed by atoms with E-state index in [0.717, 1.165) is 25.9 Å². The van der Waals surface area contributed by atoms with Crippen molar-refractivity contribution in [1.29, 1.82) is 0 Å². The molecule has 2 heterocycles. The Morgan fingerprint density at radius 3 is 2.50 bits per heavy atom. The Kier molecular flexibility index (Phi) is 5.06. The standard InChI is InChI=1S/C15H28N2O4S/c1-15(2,3)21-14(18)16(4)12-6-5-8-17(10-12)13-7-9-22(19,20)11-13/h12-13H,5-11H2,1-4H3. The maximum Gasteiger partial charge on any atom is 0.410 e. The van der Waals surface area contributed by atoms with E-state index in [9.17, 15) is 13.2 Å². The molecule has 22 heavy (non-hydrogen) atoms. The summed E-state index contributed by atoms with van der Waals surface area (Å²) in [6.07, 6.45) is 2.32. The fourth-order valence-electron chi connectivity index (χ4n) is 3.18. The molecule has 0 aromatic carbocycles. The van der Waals surface area contributed by atoms with Crippen LogP contribution < -0.4 is 0 Å². The van der Waals surface area contributed by atoms with Gasteiger partial charge in [0.05, 0.1) is 11.5 Å². The van der Waals surface area contributed by atoms with Gasteiger partial charge in [-0.25, -0.2) is 13.2 Å². The van der Waals surface area contributed by atoms with E-state index in [2.05, 4.69) is 4.90 Å². The lowest BCUT2D eigenvalue weighted by atomic mass is 10.0. The van der Waals surface area contributed by atoms with Gasteiger partial charge in [0.2, 0.25) is 0 Å². The Morgan fingerprint density at radius 2 is 1.95 bits per heavy atom. The minimum absolute atomic E-state index is 0.0897. The molecule has 2 fully saturated rings. The van der Waals surface area contributed by atoms with E-state index in [-0.39, 0.29) is 23.9 Å². The molecule has 0 aromatic heterocycles. The first-order valence-corrected chi connectivity index (χ1v) is 9.80. The smallest absolute Gasteiger partial charge is 0.410 e. The Hall–Kier alpha value is -0.820. The number of carbonyl (C=O) groups excluding carboxylic acids is 1.